The molecule has 148 valence electrons. The maximum absolute atomic E-state index is 12.1. The normalized spacial score (nSPS) is 10.1. The lowest BCUT2D eigenvalue weighted by Gasteiger charge is -2.13. The minimum absolute atomic E-state index is 0.0836. The number of nitrogens with zero attached hydrogens (tertiary/aromatic N) is 2. The molecule has 0 aliphatic carbocycles. The van der Waals surface area contributed by atoms with Gasteiger partial charge < -0.3 is 5.73 Å². The molecule has 2 aromatic carbocycles. The van der Waals surface area contributed by atoms with Gasteiger partial charge in [0.05, 0.1) is 0 Å². The summed E-state index contributed by atoms with van der Waals surface area (Å²) in [6.07, 6.45) is 1.21. The van der Waals surface area contributed by atoms with Crippen LogP contribution in [0, 0.1) is 0 Å². The standard InChI is InChI=1S/C18H15Cl2N7O2/c19-12-5-1-10(2-6-12)17(28)26-24-15-14(21)16(23-9-22-15)25-27-18(29)11-3-7-13(20)8-4-11/h1-9H,21H2,(H,26,28)(H,27,29)(H2,22,23,24,25). The number of hydrogen-bond acceptors (Lipinski definition) is 7. The second-order valence-electron chi connectivity index (χ2n) is 5.66. The van der Waals surface area contributed by atoms with Crippen molar-refractivity contribution >= 4 is 52.3 Å². The summed E-state index contributed by atoms with van der Waals surface area (Å²) in [6.45, 7) is 0. The molecule has 0 saturated heterocycles. The molecular weight excluding hydrogens is 417 g/mol. The number of amides is 2. The van der Waals surface area contributed by atoms with Gasteiger partial charge >= 0.3 is 0 Å². The Morgan fingerprint density at radius 1 is 0.724 bits per heavy atom. The fraction of sp³-hybridized carbons (Fsp3) is 0. The van der Waals surface area contributed by atoms with E-state index in [1.54, 1.807) is 48.5 Å². The third kappa shape index (κ3) is 5.24. The highest BCUT2D eigenvalue weighted by Crippen LogP contribution is 2.21. The van der Waals surface area contributed by atoms with Crippen molar-refractivity contribution in [3.63, 3.8) is 0 Å². The Morgan fingerprint density at radius 3 is 1.48 bits per heavy atom. The van der Waals surface area contributed by atoms with Gasteiger partial charge in [0.1, 0.15) is 12.0 Å². The van der Waals surface area contributed by atoms with E-state index >= 15 is 0 Å². The van der Waals surface area contributed by atoms with E-state index in [9.17, 15) is 9.59 Å². The van der Waals surface area contributed by atoms with Crippen molar-refractivity contribution < 1.29 is 9.59 Å². The molecule has 0 unspecified atom stereocenters. The number of hydrazine groups is 2. The van der Waals surface area contributed by atoms with Crippen molar-refractivity contribution in [3.8, 4) is 0 Å². The van der Waals surface area contributed by atoms with E-state index in [0.29, 0.717) is 21.2 Å². The molecule has 0 saturated carbocycles. The molecule has 2 amide bonds. The minimum atomic E-state index is -0.412. The molecule has 0 bridgehead atoms. The molecule has 3 rings (SSSR count). The number of halogens is 2. The van der Waals surface area contributed by atoms with Crippen LogP contribution in [0.1, 0.15) is 20.7 Å². The van der Waals surface area contributed by atoms with Gasteiger partial charge in [0.25, 0.3) is 11.8 Å². The van der Waals surface area contributed by atoms with Crippen LogP contribution in [0.25, 0.3) is 0 Å². The first-order valence-corrected chi connectivity index (χ1v) is 8.94. The topological polar surface area (TPSA) is 134 Å². The van der Waals surface area contributed by atoms with Gasteiger partial charge in [-0.15, -0.1) is 0 Å². The first-order valence-electron chi connectivity index (χ1n) is 8.18. The van der Waals surface area contributed by atoms with Crippen molar-refractivity contribution in [1.82, 2.24) is 20.8 Å². The number of carbonyl (C=O) groups excluding carboxylic acids is 2. The second kappa shape index (κ2) is 9.09. The van der Waals surface area contributed by atoms with Crippen LogP contribution in [0.5, 0.6) is 0 Å². The molecule has 0 aliphatic rings. The molecule has 6 N–H and O–H groups in total. The lowest BCUT2D eigenvalue weighted by Crippen LogP contribution is -2.32. The third-order valence-corrected chi connectivity index (χ3v) is 4.19. The van der Waals surface area contributed by atoms with E-state index < -0.39 is 11.8 Å². The van der Waals surface area contributed by atoms with Crippen LogP contribution in [0.2, 0.25) is 10.0 Å². The fourth-order valence-electron chi connectivity index (χ4n) is 2.17. The molecule has 11 heteroatoms. The van der Waals surface area contributed by atoms with Crippen LogP contribution in [0.3, 0.4) is 0 Å². The Bertz CT molecular complexity index is 948. The predicted octanol–water partition coefficient (Wildman–Crippen LogP) is 2.88. The highest BCUT2D eigenvalue weighted by molar-refractivity contribution is 6.31. The van der Waals surface area contributed by atoms with Gasteiger partial charge in [-0.3, -0.25) is 31.3 Å². The number of rotatable bonds is 6. The molecule has 9 nitrogen and oxygen atoms in total. The number of nitrogens with one attached hydrogen (secondary N) is 4. The number of benzene rings is 2. The minimum Gasteiger partial charge on any atom is -0.393 e. The molecule has 0 fully saturated rings. The van der Waals surface area contributed by atoms with Crippen molar-refractivity contribution in [2.24, 2.45) is 0 Å². The van der Waals surface area contributed by atoms with E-state index in [1.807, 2.05) is 0 Å². The summed E-state index contributed by atoms with van der Waals surface area (Å²) in [4.78, 5) is 32.2. The molecule has 1 aromatic heterocycles. The van der Waals surface area contributed by atoms with E-state index in [1.165, 1.54) is 6.33 Å². The van der Waals surface area contributed by atoms with Gasteiger partial charge in [-0.25, -0.2) is 9.97 Å². The van der Waals surface area contributed by atoms with Crippen LogP contribution in [0.15, 0.2) is 54.9 Å². The maximum atomic E-state index is 12.1. The molecule has 0 aliphatic heterocycles. The zero-order valence-electron chi connectivity index (χ0n) is 14.7. The summed E-state index contributed by atoms with van der Waals surface area (Å²) >= 11 is 11.6. The average Bonchev–Trinajstić information content (AvgIpc) is 2.72. The Kier molecular flexibility index (Phi) is 6.32. The highest BCUT2D eigenvalue weighted by Gasteiger charge is 2.12. The van der Waals surface area contributed by atoms with Gasteiger partial charge in [-0.1, -0.05) is 23.2 Å². The number of nitrogens with two attached hydrogens (primary N) is 1. The van der Waals surface area contributed by atoms with E-state index in [-0.39, 0.29) is 17.3 Å². The fourth-order valence-corrected chi connectivity index (χ4v) is 2.43. The van der Waals surface area contributed by atoms with Crippen molar-refractivity contribution in [2.75, 3.05) is 16.6 Å². The summed E-state index contributed by atoms with van der Waals surface area (Å²) < 4.78 is 0. The van der Waals surface area contributed by atoms with Gasteiger partial charge in [0.2, 0.25) is 0 Å². The van der Waals surface area contributed by atoms with Crippen LogP contribution in [0.4, 0.5) is 17.3 Å². The van der Waals surface area contributed by atoms with Crippen molar-refractivity contribution in [1.29, 1.82) is 0 Å². The predicted molar refractivity (Wildman–Crippen MR) is 112 cm³/mol. The highest BCUT2D eigenvalue weighted by atomic mass is 35.5. The number of carbonyl (C=O) groups is 2. The summed E-state index contributed by atoms with van der Waals surface area (Å²) in [5, 5.41) is 1.04. The van der Waals surface area contributed by atoms with Gasteiger partial charge in [0.15, 0.2) is 11.6 Å². The second-order valence-corrected chi connectivity index (χ2v) is 6.53. The van der Waals surface area contributed by atoms with Gasteiger partial charge in [-0.2, -0.15) is 0 Å². The van der Waals surface area contributed by atoms with Crippen LogP contribution >= 0.6 is 23.2 Å². The monoisotopic (exact) mass is 431 g/mol. The maximum Gasteiger partial charge on any atom is 0.269 e. The van der Waals surface area contributed by atoms with Crippen molar-refractivity contribution in [3.05, 3.63) is 76.0 Å². The van der Waals surface area contributed by atoms with E-state index in [0.717, 1.165) is 0 Å². The molecule has 3 aromatic rings. The zero-order chi connectivity index (χ0) is 20.8. The lowest BCUT2D eigenvalue weighted by atomic mass is 10.2. The summed E-state index contributed by atoms with van der Waals surface area (Å²) in [7, 11) is 0. The number of aromatic nitrogens is 2. The Hall–Kier alpha value is -3.56. The largest absolute Gasteiger partial charge is 0.393 e. The number of nitrogen functional groups attached to an aromatic ring is 1. The SMILES string of the molecule is Nc1c(NNC(=O)c2ccc(Cl)cc2)ncnc1NNC(=O)c1ccc(Cl)cc1. The molecule has 0 spiro atoms. The molecule has 0 radical (unpaired) electrons. The Labute approximate surface area is 175 Å². The molecule has 29 heavy (non-hydrogen) atoms. The molecule has 0 atom stereocenters. The molecular formula is C18H15Cl2N7O2. The lowest BCUT2D eigenvalue weighted by molar-refractivity contribution is 0.0954. The van der Waals surface area contributed by atoms with Crippen LogP contribution < -0.4 is 27.4 Å². The third-order valence-electron chi connectivity index (χ3n) is 3.69. The smallest absolute Gasteiger partial charge is 0.269 e. The first-order chi connectivity index (χ1) is 13.9. The van der Waals surface area contributed by atoms with Crippen molar-refractivity contribution in [2.45, 2.75) is 0 Å². The van der Waals surface area contributed by atoms with E-state index in [2.05, 4.69) is 31.7 Å². The Morgan fingerprint density at radius 2 is 1.10 bits per heavy atom. The van der Waals surface area contributed by atoms with Crippen LogP contribution in [-0.2, 0) is 0 Å². The summed E-state index contributed by atoms with van der Waals surface area (Å²) in [6, 6.07) is 12.7. The van der Waals surface area contributed by atoms with Crippen LogP contribution in [-0.4, -0.2) is 21.8 Å². The average molecular weight is 432 g/mol. The molecule has 1 heterocycles. The zero-order valence-corrected chi connectivity index (χ0v) is 16.3. The Balaban J connectivity index is 1.61. The number of anilines is 3. The van der Waals surface area contributed by atoms with Gasteiger partial charge in [-0.05, 0) is 48.5 Å². The number of hydrogen-bond donors (Lipinski definition) is 5. The summed E-state index contributed by atoms with van der Waals surface area (Å²) in [5.74, 6) is -0.536. The quantitative estimate of drug-likeness (QED) is 0.378. The summed E-state index contributed by atoms with van der Waals surface area (Å²) in [5.41, 5.74) is 17.0. The van der Waals surface area contributed by atoms with Gasteiger partial charge in [0, 0.05) is 21.2 Å². The van der Waals surface area contributed by atoms with E-state index in [4.69, 9.17) is 28.9 Å². The first kappa shape index (κ1) is 20.2.